The number of hydrogen-bond acceptors (Lipinski definition) is 6. The van der Waals surface area contributed by atoms with Crippen molar-refractivity contribution < 1.29 is 34.4 Å². The molecule has 236 valence electrons. The van der Waals surface area contributed by atoms with Crippen LogP contribution < -0.4 is 20.9 Å². The van der Waals surface area contributed by atoms with E-state index in [1.54, 1.807) is 6.08 Å². The molecule has 4 heterocycles. The van der Waals surface area contributed by atoms with Crippen LogP contribution in [0.15, 0.2) is 52.9 Å². The van der Waals surface area contributed by atoms with Gasteiger partial charge in [-0.05, 0) is 24.1 Å². The van der Waals surface area contributed by atoms with E-state index in [-0.39, 0.29) is 53.8 Å². The maximum atomic E-state index is 12.5. The van der Waals surface area contributed by atoms with Crippen LogP contribution in [0.2, 0.25) is 0 Å². The number of carboxylic acid groups (broad SMARTS) is 2. The molecule has 3 aliphatic heterocycles. The molecule has 2 amide bonds. The van der Waals surface area contributed by atoms with Crippen molar-refractivity contribution in [3.05, 3.63) is 87.8 Å². The number of H-pyrrole nitrogens is 1. The molecule has 6 N–H and O–H groups in total. The van der Waals surface area contributed by atoms with Crippen molar-refractivity contribution in [1.29, 1.82) is 0 Å². The van der Waals surface area contributed by atoms with Gasteiger partial charge in [0, 0.05) is 41.7 Å². The monoisotopic (exact) mass is 620 g/mol. The molecule has 1 fully saturated rings. The second-order valence-electron chi connectivity index (χ2n) is 11.7. The number of aromatic amines is 1. The van der Waals surface area contributed by atoms with Crippen LogP contribution in [0.4, 0.5) is 0 Å². The third kappa shape index (κ3) is 6.62. The number of carbonyl (C=O) groups excluding carboxylic acids is 2. The molecule has 0 spiro atoms. The zero-order valence-corrected chi connectivity index (χ0v) is 26.5. The Bertz CT molecular complexity index is 1510. The molecule has 1 aromatic heterocycles. The van der Waals surface area contributed by atoms with Crippen molar-refractivity contribution in [2.75, 3.05) is 0 Å². The van der Waals surface area contributed by atoms with Crippen LogP contribution >= 0.6 is 12.6 Å². The highest BCUT2D eigenvalue weighted by atomic mass is 32.1. The number of rotatable bonds is 12. The lowest BCUT2D eigenvalue weighted by Gasteiger charge is -2.28. The number of allylic oxidation sites excluding steroid dienone is 2. The van der Waals surface area contributed by atoms with Crippen molar-refractivity contribution in [3.63, 3.8) is 0 Å². The highest BCUT2D eigenvalue weighted by molar-refractivity contribution is 7.80. The molecule has 0 radical (unpaired) electrons. The number of carboxylic acids is 2. The van der Waals surface area contributed by atoms with Gasteiger partial charge in [-0.3, -0.25) is 14.4 Å². The van der Waals surface area contributed by atoms with Crippen LogP contribution in [0, 0.1) is 31.1 Å². The fourth-order valence-corrected chi connectivity index (χ4v) is 6.79. The molecule has 0 aliphatic carbocycles. The molecule has 0 aromatic carbocycles. The van der Waals surface area contributed by atoms with Crippen molar-refractivity contribution in [2.24, 2.45) is 11.8 Å². The standard InChI is InChI=1S/C33H40N4O6S/c1-7-20-15(2)25(36-33(20)43)12-23-16(3)21(8-10-29(38)39)26(34-23)14-27-22(9-11-30(40)41)17(4)24(35-27)13-28-31(19(6)44)18(5)32(42)37-28/h7-8,10,13-14,18-19,25,28,31,34-35,44H,1,9,11-12H2,2-6H3,(H,36,43)(H,37,42)(H,38,39)(H,40,41)/q-2/b10-8+,24-13+/t18-,19+,25-,28+,31+/m1/s1. The summed E-state index contributed by atoms with van der Waals surface area (Å²) in [5.74, 6) is -1.59. The zero-order valence-electron chi connectivity index (χ0n) is 25.6. The quantitative estimate of drug-likeness (QED) is 0.119. The van der Waals surface area contributed by atoms with Gasteiger partial charge in [0.05, 0.1) is 11.7 Å². The van der Waals surface area contributed by atoms with Gasteiger partial charge < -0.3 is 31.1 Å². The summed E-state index contributed by atoms with van der Waals surface area (Å²) in [6.45, 7) is 13.3. The molecular weight excluding hydrogens is 580 g/mol. The number of aromatic nitrogens is 1. The summed E-state index contributed by atoms with van der Waals surface area (Å²) >= 11 is 4.63. The largest absolute Gasteiger partial charge is 0.481 e. The summed E-state index contributed by atoms with van der Waals surface area (Å²) in [6.07, 6.45) is 8.63. The molecule has 11 heteroatoms. The topological polar surface area (TPSA) is 159 Å². The van der Waals surface area contributed by atoms with E-state index in [0.717, 1.165) is 40.1 Å². The Hall–Kier alpha value is -4.25. The molecule has 0 saturated carbocycles. The lowest BCUT2D eigenvalue weighted by Crippen LogP contribution is -2.32. The Labute approximate surface area is 263 Å². The molecular formula is C33H40N4O6S-2. The Morgan fingerprint density at radius 1 is 1.23 bits per heavy atom. The van der Waals surface area contributed by atoms with Gasteiger partial charge in [0.1, 0.15) is 0 Å². The molecule has 10 nitrogen and oxygen atoms in total. The predicted molar refractivity (Wildman–Crippen MR) is 169 cm³/mol. The first-order chi connectivity index (χ1) is 20.7. The van der Waals surface area contributed by atoms with Crippen LogP contribution in [-0.4, -0.2) is 51.3 Å². The van der Waals surface area contributed by atoms with Gasteiger partial charge in [0.2, 0.25) is 5.91 Å². The molecule has 4 rings (SSSR count). The summed E-state index contributed by atoms with van der Waals surface area (Å²) in [7, 11) is 0. The minimum Gasteiger partial charge on any atom is -0.481 e. The number of nitrogens with one attached hydrogen (secondary N) is 4. The Kier molecular flexibility index (Phi) is 9.78. The SMILES string of the molecule is C=CC1=C(C)[C@@H](C[c-]2[nH+]c([CH-]C3=C(CCC(=O)O)[C-](C)/C(=C\[C@@H]4NC(=O)[C@H](C)[C@H]4[C@H](C)S)N3)c(/C=C/C(=O)O)c2C)NC1=O. The maximum absolute atomic E-state index is 12.5. The Balaban J connectivity index is 1.70. The maximum Gasteiger partial charge on any atom is 0.327 e. The average molecular weight is 621 g/mol. The molecule has 44 heavy (non-hydrogen) atoms. The van der Waals surface area contributed by atoms with Crippen molar-refractivity contribution >= 4 is 42.5 Å². The summed E-state index contributed by atoms with van der Waals surface area (Å²) in [4.78, 5) is 51.3. The smallest absolute Gasteiger partial charge is 0.327 e. The van der Waals surface area contributed by atoms with Gasteiger partial charge in [-0.2, -0.15) is 30.7 Å². The first-order valence-electron chi connectivity index (χ1n) is 14.6. The van der Waals surface area contributed by atoms with E-state index in [1.165, 1.54) is 6.08 Å². The number of aliphatic carboxylic acids is 2. The Morgan fingerprint density at radius 3 is 2.52 bits per heavy atom. The van der Waals surface area contributed by atoms with Gasteiger partial charge in [0.15, 0.2) is 0 Å². The van der Waals surface area contributed by atoms with Crippen LogP contribution in [0.1, 0.15) is 63.1 Å². The molecule has 1 saturated heterocycles. The second-order valence-corrected chi connectivity index (χ2v) is 12.5. The number of thiol groups is 1. The molecule has 0 unspecified atom stereocenters. The van der Waals surface area contributed by atoms with Crippen molar-refractivity contribution in [2.45, 2.75) is 71.2 Å². The second kappa shape index (κ2) is 13.2. The van der Waals surface area contributed by atoms with Crippen LogP contribution in [-0.2, 0) is 25.6 Å². The van der Waals surface area contributed by atoms with E-state index in [1.807, 2.05) is 47.1 Å². The van der Waals surface area contributed by atoms with Crippen molar-refractivity contribution in [3.8, 4) is 0 Å². The Morgan fingerprint density at radius 2 is 1.93 bits per heavy atom. The van der Waals surface area contributed by atoms with Gasteiger partial charge in [-0.1, -0.05) is 58.0 Å². The minimum absolute atomic E-state index is 0.0278. The zero-order chi connectivity index (χ0) is 32.5. The lowest BCUT2D eigenvalue weighted by molar-refractivity contribution is -0.392. The summed E-state index contributed by atoms with van der Waals surface area (Å²) in [5.41, 5.74) is 6.65. The highest BCUT2D eigenvalue weighted by Crippen LogP contribution is 2.38. The van der Waals surface area contributed by atoms with Gasteiger partial charge >= 0.3 is 11.9 Å². The third-order valence-corrected chi connectivity index (χ3v) is 9.23. The van der Waals surface area contributed by atoms with E-state index in [9.17, 15) is 29.4 Å². The summed E-state index contributed by atoms with van der Waals surface area (Å²) in [5, 5.41) is 28.3. The summed E-state index contributed by atoms with van der Waals surface area (Å²) in [6, 6.07) is -0.502. The third-order valence-electron chi connectivity index (χ3n) is 8.88. The van der Waals surface area contributed by atoms with Gasteiger partial charge in [0.25, 0.3) is 5.91 Å². The first kappa shape index (κ1) is 32.7. The van der Waals surface area contributed by atoms with E-state index >= 15 is 0 Å². The van der Waals surface area contributed by atoms with Crippen molar-refractivity contribution in [1.82, 2.24) is 16.0 Å². The number of hydrogen-bond donors (Lipinski definition) is 6. The summed E-state index contributed by atoms with van der Waals surface area (Å²) < 4.78 is 0. The predicted octanol–water partition coefficient (Wildman–Crippen LogP) is 2.99. The fourth-order valence-electron chi connectivity index (χ4n) is 6.34. The molecule has 1 aromatic rings. The van der Waals surface area contributed by atoms with Crippen LogP contribution in [0.3, 0.4) is 0 Å². The van der Waals surface area contributed by atoms with E-state index < -0.39 is 11.9 Å². The minimum atomic E-state index is -1.09. The fraction of sp³-hybridized carbons (Fsp3) is 0.394. The molecule has 0 bridgehead atoms. The average Bonchev–Trinajstić information content (AvgIpc) is 3.59. The van der Waals surface area contributed by atoms with E-state index in [4.69, 9.17) is 0 Å². The number of carbonyl (C=O) groups is 4. The van der Waals surface area contributed by atoms with Gasteiger partial charge in [-0.15, -0.1) is 17.7 Å². The van der Waals surface area contributed by atoms with E-state index in [2.05, 4.69) is 40.1 Å². The molecule has 3 aliphatic rings. The number of amides is 2. The van der Waals surface area contributed by atoms with Gasteiger partial charge in [-0.25, -0.2) is 10.4 Å². The lowest BCUT2D eigenvalue weighted by atomic mass is 9.87. The molecule has 5 atom stereocenters. The highest BCUT2D eigenvalue weighted by Gasteiger charge is 2.39. The van der Waals surface area contributed by atoms with E-state index in [0.29, 0.717) is 28.9 Å². The normalized spacial score (nSPS) is 25.1. The van der Waals surface area contributed by atoms with Crippen LogP contribution in [0.5, 0.6) is 0 Å². The van der Waals surface area contributed by atoms with Crippen LogP contribution in [0.25, 0.3) is 6.08 Å². The first-order valence-corrected chi connectivity index (χ1v) is 15.1.